The van der Waals surface area contributed by atoms with Gasteiger partial charge in [-0.3, -0.25) is 0 Å². The van der Waals surface area contributed by atoms with Gasteiger partial charge in [-0.2, -0.15) is 5.10 Å². The van der Waals surface area contributed by atoms with Gasteiger partial charge in [0, 0.05) is 25.5 Å². The number of aromatic nitrogens is 2. The zero-order valence-corrected chi connectivity index (χ0v) is 9.87. The van der Waals surface area contributed by atoms with E-state index in [0.717, 1.165) is 17.8 Å². The molecule has 1 aromatic carbocycles. The van der Waals surface area contributed by atoms with Crippen molar-refractivity contribution >= 4 is 0 Å². The second kappa shape index (κ2) is 5.61. The Labute approximate surface area is 101 Å². The monoisotopic (exact) mass is 231 g/mol. The molecule has 4 heteroatoms. The van der Waals surface area contributed by atoms with Crippen LogP contribution < -0.4 is 5.32 Å². The molecular formula is C13H17N3O. The largest absolute Gasteiger partial charge is 0.392 e. The summed E-state index contributed by atoms with van der Waals surface area (Å²) in [5.41, 5.74) is 2.23. The van der Waals surface area contributed by atoms with Gasteiger partial charge in [-0.25, -0.2) is 4.68 Å². The van der Waals surface area contributed by atoms with Crippen LogP contribution in [0.25, 0.3) is 5.69 Å². The molecule has 17 heavy (non-hydrogen) atoms. The molecule has 2 N–H and O–H groups in total. The predicted octanol–water partition coefficient (Wildman–Crippen LogP) is 1.34. The number of hydrogen-bond acceptors (Lipinski definition) is 3. The van der Waals surface area contributed by atoms with E-state index in [1.165, 1.54) is 0 Å². The van der Waals surface area contributed by atoms with E-state index in [0.29, 0.717) is 6.54 Å². The van der Waals surface area contributed by atoms with Crippen LogP contribution >= 0.6 is 0 Å². The Morgan fingerprint density at radius 3 is 2.88 bits per heavy atom. The molecule has 0 aliphatic carbocycles. The van der Waals surface area contributed by atoms with Crippen LogP contribution in [-0.2, 0) is 6.54 Å². The number of aliphatic hydroxyl groups excluding tert-OH is 1. The van der Waals surface area contributed by atoms with Gasteiger partial charge in [0.1, 0.15) is 0 Å². The van der Waals surface area contributed by atoms with Crippen LogP contribution in [0.2, 0.25) is 0 Å². The van der Waals surface area contributed by atoms with Gasteiger partial charge < -0.3 is 10.4 Å². The van der Waals surface area contributed by atoms with E-state index in [-0.39, 0.29) is 6.10 Å². The lowest BCUT2D eigenvalue weighted by atomic mass is 10.1. The van der Waals surface area contributed by atoms with Crippen LogP contribution in [0.1, 0.15) is 12.5 Å². The number of aliphatic hydroxyl groups is 1. The highest BCUT2D eigenvalue weighted by Crippen LogP contribution is 2.12. The summed E-state index contributed by atoms with van der Waals surface area (Å²) < 4.78 is 1.85. The first-order valence-corrected chi connectivity index (χ1v) is 5.74. The second-order valence-corrected chi connectivity index (χ2v) is 4.06. The lowest BCUT2D eigenvalue weighted by molar-refractivity contribution is 0.191. The first kappa shape index (κ1) is 11.8. The van der Waals surface area contributed by atoms with Crippen molar-refractivity contribution in [2.75, 3.05) is 6.54 Å². The summed E-state index contributed by atoms with van der Waals surface area (Å²) in [5.74, 6) is 0. The fourth-order valence-electron chi connectivity index (χ4n) is 1.71. The molecule has 0 spiro atoms. The summed E-state index contributed by atoms with van der Waals surface area (Å²) >= 11 is 0. The molecule has 1 aromatic heterocycles. The van der Waals surface area contributed by atoms with Crippen molar-refractivity contribution in [2.45, 2.75) is 19.6 Å². The smallest absolute Gasteiger partial charge is 0.0690 e. The minimum absolute atomic E-state index is 0.327. The minimum atomic E-state index is -0.327. The molecule has 0 bridgehead atoms. The third-order valence-corrected chi connectivity index (χ3v) is 2.50. The molecule has 90 valence electrons. The van der Waals surface area contributed by atoms with Crippen molar-refractivity contribution in [2.24, 2.45) is 0 Å². The number of nitrogens with one attached hydrogen (secondary N) is 1. The normalized spacial score (nSPS) is 12.6. The quantitative estimate of drug-likeness (QED) is 0.816. The Balaban J connectivity index is 2.11. The van der Waals surface area contributed by atoms with Crippen LogP contribution in [0.4, 0.5) is 0 Å². The lowest BCUT2D eigenvalue weighted by Crippen LogP contribution is -2.24. The van der Waals surface area contributed by atoms with E-state index in [1.54, 1.807) is 13.1 Å². The number of para-hydroxylation sites is 1. The van der Waals surface area contributed by atoms with Gasteiger partial charge in [0.05, 0.1) is 11.8 Å². The first-order valence-electron chi connectivity index (χ1n) is 5.74. The Morgan fingerprint density at radius 2 is 2.18 bits per heavy atom. The van der Waals surface area contributed by atoms with E-state index < -0.39 is 0 Å². The summed E-state index contributed by atoms with van der Waals surface area (Å²) in [7, 11) is 0. The van der Waals surface area contributed by atoms with Crippen molar-refractivity contribution in [1.82, 2.24) is 15.1 Å². The molecule has 2 rings (SSSR count). The van der Waals surface area contributed by atoms with Gasteiger partial charge in [0.2, 0.25) is 0 Å². The fraction of sp³-hybridized carbons (Fsp3) is 0.308. The summed E-state index contributed by atoms with van der Waals surface area (Å²) in [4.78, 5) is 0. The third kappa shape index (κ3) is 3.15. The Morgan fingerprint density at radius 1 is 1.35 bits per heavy atom. The number of hydrogen-bond donors (Lipinski definition) is 2. The average Bonchev–Trinajstić information content (AvgIpc) is 2.82. The Hall–Kier alpha value is -1.65. The van der Waals surface area contributed by atoms with E-state index >= 15 is 0 Å². The van der Waals surface area contributed by atoms with Crippen molar-refractivity contribution in [3.8, 4) is 5.69 Å². The van der Waals surface area contributed by atoms with Crippen molar-refractivity contribution in [3.05, 3.63) is 48.3 Å². The molecule has 0 saturated carbocycles. The topological polar surface area (TPSA) is 50.1 Å². The number of nitrogens with zero attached hydrogens (tertiary/aromatic N) is 2. The van der Waals surface area contributed by atoms with Crippen LogP contribution in [0, 0.1) is 0 Å². The van der Waals surface area contributed by atoms with E-state index in [2.05, 4.69) is 16.5 Å². The molecule has 0 aliphatic rings. The molecule has 0 aliphatic heterocycles. The zero-order chi connectivity index (χ0) is 12.1. The Kier molecular flexibility index (Phi) is 3.90. The second-order valence-electron chi connectivity index (χ2n) is 4.06. The molecule has 0 amide bonds. The van der Waals surface area contributed by atoms with Crippen LogP contribution in [0.5, 0.6) is 0 Å². The maximum absolute atomic E-state index is 9.20. The number of rotatable bonds is 5. The van der Waals surface area contributed by atoms with E-state index in [4.69, 9.17) is 0 Å². The maximum Gasteiger partial charge on any atom is 0.0690 e. The predicted molar refractivity (Wildman–Crippen MR) is 67.0 cm³/mol. The third-order valence-electron chi connectivity index (χ3n) is 2.50. The standard InChI is InChI=1S/C13H17N3O/c1-11(17)9-14-10-12-5-2-3-6-13(12)16-8-4-7-15-16/h2-8,11,14,17H,9-10H2,1H3/t11-/m0/s1. The van der Waals surface area contributed by atoms with E-state index in [9.17, 15) is 5.11 Å². The maximum atomic E-state index is 9.20. The summed E-state index contributed by atoms with van der Waals surface area (Å²) in [6.45, 7) is 3.08. The summed E-state index contributed by atoms with van der Waals surface area (Å²) in [6, 6.07) is 10.0. The van der Waals surface area contributed by atoms with Crippen molar-refractivity contribution in [1.29, 1.82) is 0 Å². The van der Waals surface area contributed by atoms with Crippen molar-refractivity contribution in [3.63, 3.8) is 0 Å². The summed E-state index contributed by atoms with van der Waals surface area (Å²) in [6.07, 6.45) is 3.36. The first-order chi connectivity index (χ1) is 8.27. The van der Waals surface area contributed by atoms with Crippen LogP contribution in [0.15, 0.2) is 42.7 Å². The SMILES string of the molecule is C[C@H](O)CNCc1ccccc1-n1cccn1. The molecule has 0 saturated heterocycles. The molecular weight excluding hydrogens is 214 g/mol. The van der Waals surface area contributed by atoms with Gasteiger partial charge in [-0.1, -0.05) is 18.2 Å². The Bertz CT molecular complexity index is 451. The highest BCUT2D eigenvalue weighted by atomic mass is 16.3. The molecule has 0 radical (unpaired) electrons. The minimum Gasteiger partial charge on any atom is -0.392 e. The van der Waals surface area contributed by atoms with Gasteiger partial charge >= 0.3 is 0 Å². The zero-order valence-electron chi connectivity index (χ0n) is 9.87. The lowest BCUT2D eigenvalue weighted by Gasteiger charge is -2.11. The van der Waals surface area contributed by atoms with Gasteiger partial charge in [-0.15, -0.1) is 0 Å². The molecule has 2 aromatic rings. The molecule has 1 heterocycles. The summed E-state index contributed by atoms with van der Waals surface area (Å²) in [5, 5.41) is 16.6. The van der Waals surface area contributed by atoms with Crippen molar-refractivity contribution < 1.29 is 5.11 Å². The van der Waals surface area contributed by atoms with Crippen LogP contribution in [0.3, 0.4) is 0 Å². The molecule has 4 nitrogen and oxygen atoms in total. The highest BCUT2D eigenvalue weighted by Gasteiger charge is 2.04. The fourth-order valence-corrected chi connectivity index (χ4v) is 1.71. The van der Waals surface area contributed by atoms with Gasteiger partial charge in [-0.05, 0) is 24.6 Å². The number of benzene rings is 1. The van der Waals surface area contributed by atoms with Gasteiger partial charge in [0.25, 0.3) is 0 Å². The van der Waals surface area contributed by atoms with Gasteiger partial charge in [0.15, 0.2) is 0 Å². The molecule has 0 unspecified atom stereocenters. The molecule has 0 fully saturated rings. The van der Waals surface area contributed by atoms with E-state index in [1.807, 2.05) is 35.1 Å². The highest BCUT2D eigenvalue weighted by molar-refractivity contribution is 5.40. The molecule has 1 atom stereocenters. The average molecular weight is 231 g/mol. The van der Waals surface area contributed by atoms with Crippen LogP contribution in [-0.4, -0.2) is 27.5 Å².